The van der Waals surface area contributed by atoms with Crippen LogP contribution in [0, 0.1) is 13.8 Å². The summed E-state index contributed by atoms with van der Waals surface area (Å²) in [4.78, 5) is 26.3. The minimum absolute atomic E-state index is 0.00241. The highest BCUT2D eigenvalue weighted by Gasteiger charge is 2.23. The lowest BCUT2D eigenvalue weighted by atomic mass is 10.1. The molecule has 1 saturated heterocycles. The number of hydrogen-bond donors (Lipinski definition) is 1. The van der Waals surface area contributed by atoms with Gasteiger partial charge in [0.05, 0.1) is 15.9 Å². The van der Waals surface area contributed by atoms with Gasteiger partial charge in [0.15, 0.2) is 0 Å². The summed E-state index contributed by atoms with van der Waals surface area (Å²) in [5.41, 5.74) is 1.76. The molecule has 6 nitrogen and oxygen atoms in total. The van der Waals surface area contributed by atoms with Crippen molar-refractivity contribution in [1.29, 1.82) is 0 Å². The first-order valence-corrected chi connectivity index (χ1v) is 8.47. The van der Waals surface area contributed by atoms with Gasteiger partial charge in [-0.1, -0.05) is 0 Å². The van der Waals surface area contributed by atoms with Crippen molar-refractivity contribution in [3.8, 4) is 0 Å². The van der Waals surface area contributed by atoms with Crippen LogP contribution in [0.4, 0.5) is 0 Å². The molecule has 2 rings (SSSR count). The molecule has 2 amide bonds. The third-order valence-corrected chi connectivity index (χ3v) is 5.15. The Morgan fingerprint density at radius 1 is 1.27 bits per heavy atom. The molecule has 22 heavy (non-hydrogen) atoms. The minimum atomic E-state index is -0.494. The van der Waals surface area contributed by atoms with Gasteiger partial charge < -0.3 is 10.2 Å². The van der Waals surface area contributed by atoms with Crippen molar-refractivity contribution in [2.75, 3.05) is 13.1 Å². The maximum Gasteiger partial charge on any atom is 0.244 e. The van der Waals surface area contributed by atoms with Crippen LogP contribution in [0.15, 0.2) is 4.47 Å². The van der Waals surface area contributed by atoms with Crippen LogP contribution >= 0.6 is 15.9 Å². The highest BCUT2D eigenvalue weighted by atomic mass is 79.9. The van der Waals surface area contributed by atoms with Crippen molar-refractivity contribution in [3.05, 3.63) is 15.9 Å². The Morgan fingerprint density at radius 2 is 1.91 bits per heavy atom. The summed E-state index contributed by atoms with van der Waals surface area (Å²) in [5.74, 6) is -0.196. The van der Waals surface area contributed by atoms with E-state index in [1.807, 2.05) is 18.7 Å². The molecule has 1 unspecified atom stereocenters. The molecular formula is C15H23BrN4O2. The number of carbonyl (C=O) groups is 2. The van der Waals surface area contributed by atoms with E-state index in [1.54, 1.807) is 11.6 Å². The summed E-state index contributed by atoms with van der Waals surface area (Å²) in [6.07, 6.45) is 3.27. The number of carbonyl (C=O) groups excluding carboxylic acids is 2. The Morgan fingerprint density at radius 3 is 2.45 bits per heavy atom. The summed E-state index contributed by atoms with van der Waals surface area (Å²) in [6, 6.07) is -0.494. The van der Waals surface area contributed by atoms with Crippen LogP contribution in [0.2, 0.25) is 0 Å². The molecule has 0 saturated carbocycles. The second-order valence-electron chi connectivity index (χ2n) is 5.82. The van der Waals surface area contributed by atoms with Crippen molar-refractivity contribution in [1.82, 2.24) is 20.0 Å². The topological polar surface area (TPSA) is 67.2 Å². The number of amides is 2. The molecule has 1 aliphatic rings. The number of rotatable bonds is 4. The van der Waals surface area contributed by atoms with Crippen molar-refractivity contribution >= 4 is 27.7 Å². The fraction of sp³-hybridized carbons (Fsp3) is 0.667. The highest BCUT2D eigenvalue weighted by molar-refractivity contribution is 9.10. The van der Waals surface area contributed by atoms with Gasteiger partial charge >= 0.3 is 0 Å². The van der Waals surface area contributed by atoms with Crippen LogP contribution in [0.5, 0.6) is 0 Å². The second kappa shape index (κ2) is 7.26. The Labute approximate surface area is 139 Å². The SMILES string of the molecule is Cc1nn(CC(=O)NC(C)C(=O)N2CCCCC2)c(C)c1Br. The largest absolute Gasteiger partial charge is 0.343 e. The van der Waals surface area contributed by atoms with E-state index in [-0.39, 0.29) is 18.4 Å². The van der Waals surface area contributed by atoms with E-state index in [0.29, 0.717) is 0 Å². The molecule has 0 aromatic carbocycles. The van der Waals surface area contributed by atoms with Crippen LogP contribution in [0.1, 0.15) is 37.6 Å². The normalized spacial score (nSPS) is 16.5. The lowest BCUT2D eigenvalue weighted by Crippen LogP contribution is -2.49. The molecular weight excluding hydrogens is 348 g/mol. The van der Waals surface area contributed by atoms with Crippen molar-refractivity contribution in [3.63, 3.8) is 0 Å². The Balaban J connectivity index is 1.90. The van der Waals surface area contributed by atoms with Crippen LogP contribution < -0.4 is 5.32 Å². The molecule has 2 heterocycles. The first-order chi connectivity index (χ1) is 10.4. The first kappa shape index (κ1) is 17.0. The van der Waals surface area contributed by atoms with Gasteiger partial charge in [-0.2, -0.15) is 5.10 Å². The summed E-state index contributed by atoms with van der Waals surface area (Å²) in [5, 5.41) is 7.08. The monoisotopic (exact) mass is 370 g/mol. The zero-order valence-corrected chi connectivity index (χ0v) is 14.9. The first-order valence-electron chi connectivity index (χ1n) is 7.67. The smallest absolute Gasteiger partial charge is 0.244 e. The quantitative estimate of drug-likeness (QED) is 0.878. The maximum absolute atomic E-state index is 12.3. The Hall–Kier alpha value is -1.37. The summed E-state index contributed by atoms with van der Waals surface area (Å²) < 4.78 is 2.56. The third-order valence-electron chi connectivity index (χ3n) is 4.00. The van der Waals surface area contributed by atoms with Crippen LogP contribution in [-0.4, -0.2) is 45.6 Å². The van der Waals surface area contributed by atoms with Gasteiger partial charge in [0, 0.05) is 13.1 Å². The fourth-order valence-electron chi connectivity index (χ4n) is 2.70. The zero-order valence-electron chi connectivity index (χ0n) is 13.4. The number of halogens is 1. The molecule has 0 aliphatic carbocycles. The van der Waals surface area contributed by atoms with Crippen LogP contribution in [-0.2, 0) is 16.1 Å². The number of aromatic nitrogens is 2. The highest BCUT2D eigenvalue weighted by Crippen LogP contribution is 2.19. The molecule has 122 valence electrons. The third kappa shape index (κ3) is 3.88. The standard InChI is InChI=1S/C15H23BrN4O2/c1-10-14(16)12(3)20(18-10)9-13(21)17-11(2)15(22)19-7-5-4-6-8-19/h11H,4-9H2,1-3H3,(H,17,21). The van der Waals surface area contributed by atoms with Crippen molar-refractivity contribution < 1.29 is 9.59 Å². The lowest BCUT2D eigenvalue weighted by molar-refractivity contribution is -0.136. The van der Waals surface area contributed by atoms with Gasteiger partial charge in [0.2, 0.25) is 11.8 Å². The molecule has 1 aliphatic heterocycles. The second-order valence-corrected chi connectivity index (χ2v) is 6.61. The van der Waals surface area contributed by atoms with E-state index in [9.17, 15) is 9.59 Å². The number of piperidine rings is 1. The van der Waals surface area contributed by atoms with E-state index in [1.165, 1.54) is 6.42 Å². The van der Waals surface area contributed by atoms with Crippen molar-refractivity contribution in [2.45, 2.75) is 52.6 Å². The van der Waals surface area contributed by atoms with E-state index in [2.05, 4.69) is 26.3 Å². The molecule has 0 spiro atoms. The van der Waals surface area contributed by atoms with E-state index < -0.39 is 6.04 Å². The summed E-state index contributed by atoms with van der Waals surface area (Å²) >= 11 is 3.44. The predicted molar refractivity (Wildman–Crippen MR) is 87.4 cm³/mol. The summed E-state index contributed by atoms with van der Waals surface area (Å²) in [6.45, 7) is 7.24. The van der Waals surface area contributed by atoms with Crippen molar-refractivity contribution in [2.24, 2.45) is 0 Å². The van der Waals surface area contributed by atoms with Gasteiger partial charge in [-0.25, -0.2) is 0 Å². The molecule has 1 fully saturated rings. The predicted octanol–water partition coefficient (Wildman–Crippen LogP) is 1.78. The van der Waals surface area contributed by atoms with E-state index >= 15 is 0 Å². The Bertz CT molecular complexity index is 564. The van der Waals surface area contributed by atoms with E-state index in [4.69, 9.17) is 0 Å². The van der Waals surface area contributed by atoms with Gasteiger partial charge in [0.25, 0.3) is 0 Å². The molecule has 1 N–H and O–H groups in total. The van der Waals surface area contributed by atoms with Gasteiger partial charge in [0.1, 0.15) is 12.6 Å². The average molecular weight is 371 g/mol. The number of likely N-dealkylation sites (tertiary alicyclic amines) is 1. The fourth-order valence-corrected chi connectivity index (χ4v) is 2.99. The molecule has 0 bridgehead atoms. The molecule has 1 aromatic rings. The average Bonchev–Trinajstić information content (AvgIpc) is 2.74. The number of aryl methyl sites for hydroxylation is 1. The number of nitrogens with one attached hydrogen (secondary N) is 1. The Kier molecular flexibility index (Phi) is 5.61. The van der Waals surface area contributed by atoms with E-state index in [0.717, 1.165) is 41.8 Å². The van der Waals surface area contributed by atoms with Gasteiger partial charge in [-0.15, -0.1) is 0 Å². The molecule has 0 radical (unpaired) electrons. The summed E-state index contributed by atoms with van der Waals surface area (Å²) in [7, 11) is 0. The van der Waals surface area contributed by atoms with Gasteiger partial charge in [-0.3, -0.25) is 14.3 Å². The van der Waals surface area contributed by atoms with Crippen LogP contribution in [0.25, 0.3) is 0 Å². The van der Waals surface area contributed by atoms with Gasteiger partial charge in [-0.05, 0) is 56.0 Å². The maximum atomic E-state index is 12.3. The number of nitrogens with zero attached hydrogens (tertiary/aromatic N) is 3. The molecule has 7 heteroatoms. The lowest BCUT2D eigenvalue weighted by Gasteiger charge is -2.29. The minimum Gasteiger partial charge on any atom is -0.343 e. The zero-order chi connectivity index (χ0) is 16.3. The number of hydrogen-bond acceptors (Lipinski definition) is 3. The molecule has 1 atom stereocenters. The molecule has 1 aromatic heterocycles. The van der Waals surface area contributed by atoms with Crippen LogP contribution in [0.3, 0.4) is 0 Å².